The third kappa shape index (κ3) is 6.29. The fraction of sp³-hybridized carbons (Fsp3) is 0.500. The van der Waals surface area contributed by atoms with Gasteiger partial charge < -0.3 is 19.1 Å². The summed E-state index contributed by atoms with van der Waals surface area (Å²) in [5, 5.41) is 10.2. The van der Waals surface area contributed by atoms with E-state index in [1.165, 1.54) is 5.56 Å². The zero-order valence-electron chi connectivity index (χ0n) is 20.1. The van der Waals surface area contributed by atoms with Gasteiger partial charge in [0.15, 0.2) is 11.5 Å². The molecule has 174 valence electrons. The Morgan fingerprint density at radius 1 is 0.969 bits per heavy atom. The second kappa shape index (κ2) is 12.3. The Labute approximate surface area is 206 Å². The zero-order chi connectivity index (χ0) is 23.7. The minimum absolute atomic E-state index is 0.178. The van der Waals surface area contributed by atoms with Gasteiger partial charge in [-0.05, 0) is 96.8 Å². The van der Waals surface area contributed by atoms with Crippen LogP contribution < -0.4 is 14.2 Å². The van der Waals surface area contributed by atoms with Crippen LogP contribution in [0.1, 0.15) is 37.8 Å². The lowest BCUT2D eigenvalue weighted by Gasteiger charge is -2.32. The molecule has 0 saturated carbocycles. The van der Waals surface area contributed by atoms with Crippen LogP contribution in [0.3, 0.4) is 0 Å². The normalized spacial score (nSPS) is 13.0. The number of methoxy groups -OCH3 is 3. The van der Waals surface area contributed by atoms with Gasteiger partial charge >= 0.3 is 0 Å². The van der Waals surface area contributed by atoms with Gasteiger partial charge in [-0.1, -0.05) is 26.0 Å². The predicted octanol–water partition coefficient (Wildman–Crippen LogP) is 5.69. The SMILES string of the molecule is COc1ccc(CCN(C)CCCC(C#N)(c2ccc(OC)c(OC)c2)C(C)C)cc1I. The molecule has 0 amide bonds. The maximum Gasteiger partial charge on any atom is 0.161 e. The van der Waals surface area contributed by atoms with Crippen molar-refractivity contribution in [2.24, 2.45) is 5.92 Å². The smallest absolute Gasteiger partial charge is 0.161 e. The standard InChI is InChI=1S/C26H35IN2O3/c1-19(2)26(18-28,21-9-11-24(31-5)25(17-21)32-6)13-7-14-29(3)15-12-20-8-10-23(30-4)22(27)16-20/h8-11,16-17,19H,7,12-15H2,1-6H3. The molecule has 0 aliphatic heterocycles. The Morgan fingerprint density at radius 2 is 1.62 bits per heavy atom. The number of ether oxygens (including phenoxy) is 3. The van der Waals surface area contributed by atoms with Crippen molar-refractivity contribution >= 4 is 22.6 Å². The van der Waals surface area contributed by atoms with Crippen molar-refractivity contribution in [3.05, 3.63) is 51.1 Å². The van der Waals surface area contributed by atoms with Crippen molar-refractivity contribution in [1.29, 1.82) is 5.26 Å². The molecule has 0 spiro atoms. The van der Waals surface area contributed by atoms with Crippen LogP contribution in [0.4, 0.5) is 0 Å². The van der Waals surface area contributed by atoms with Gasteiger partial charge in [-0.15, -0.1) is 0 Å². The van der Waals surface area contributed by atoms with E-state index in [9.17, 15) is 5.26 Å². The molecule has 5 nitrogen and oxygen atoms in total. The Bertz CT molecular complexity index is 926. The van der Waals surface area contributed by atoms with Crippen molar-refractivity contribution in [3.8, 4) is 23.3 Å². The number of halogens is 1. The summed E-state index contributed by atoms with van der Waals surface area (Å²) in [6.07, 6.45) is 2.72. The molecule has 0 aliphatic carbocycles. The zero-order valence-corrected chi connectivity index (χ0v) is 22.2. The Kier molecular flexibility index (Phi) is 10.1. The van der Waals surface area contributed by atoms with Crippen molar-refractivity contribution in [2.45, 2.75) is 38.5 Å². The molecule has 0 bridgehead atoms. The predicted molar refractivity (Wildman–Crippen MR) is 138 cm³/mol. The molecular weight excluding hydrogens is 515 g/mol. The quantitative estimate of drug-likeness (QED) is 0.318. The number of benzene rings is 2. The van der Waals surface area contributed by atoms with Crippen molar-refractivity contribution in [3.63, 3.8) is 0 Å². The van der Waals surface area contributed by atoms with E-state index >= 15 is 0 Å². The summed E-state index contributed by atoms with van der Waals surface area (Å²) in [5.74, 6) is 2.44. The van der Waals surface area contributed by atoms with E-state index in [0.29, 0.717) is 11.5 Å². The van der Waals surface area contributed by atoms with Crippen LogP contribution >= 0.6 is 22.6 Å². The van der Waals surface area contributed by atoms with E-state index in [2.05, 4.69) is 66.6 Å². The maximum atomic E-state index is 10.2. The minimum atomic E-state index is -0.563. The highest BCUT2D eigenvalue weighted by molar-refractivity contribution is 14.1. The fourth-order valence-corrected chi connectivity index (χ4v) is 4.85. The van der Waals surface area contributed by atoms with Gasteiger partial charge in [-0.3, -0.25) is 0 Å². The van der Waals surface area contributed by atoms with E-state index < -0.39 is 5.41 Å². The number of likely N-dealkylation sites (N-methyl/N-ethyl adjacent to an activating group) is 1. The average molecular weight is 550 g/mol. The Morgan fingerprint density at radius 3 is 2.19 bits per heavy atom. The van der Waals surface area contributed by atoms with Crippen LogP contribution in [0.15, 0.2) is 36.4 Å². The van der Waals surface area contributed by atoms with Crippen LogP contribution in [0, 0.1) is 20.8 Å². The number of hydrogen-bond acceptors (Lipinski definition) is 5. The van der Waals surface area contributed by atoms with E-state index in [4.69, 9.17) is 14.2 Å². The first-order valence-corrected chi connectivity index (χ1v) is 12.0. The monoisotopic (exact) mass is 550 g/mol. The number of nitrogens with zero attached hydrogens (tertiary/aromatic N) is 2. The molecule has 0 radical (unpaired) electrons. The first-order valence-electron chi connectivity index (χ1n) is 11.0. The number of rotatable bonds is 12. The Balaban J connectivity index is 2.02. The largest absolute Gasteiger partial charge is 0.496 e. The molecule has 0 aromatic heterocycles. The molecule has 2 aromatic carbocycles. The summed E-state index contributed by atoms with van der Waals surface area (Å²) in [4.78, 5) is 2.34. The van der Waals surface area contributed by atoms with Crippen LogP contribution in [-0.2, 0) is 11.8 Å². The fourth-order valence-electron chi connectivity index (χ4n) is 4.05. The lowest BCUT2D eigenvalue weighted by Crippen LogP contribution is -2.32. The average Bonchev–Trinajstić information content (AvgIpc) is 2.80. The van der Waals surface area contributed by atoms with E-state index in [1.807, 2.05) is 24.3 Å². The molecule has 1 atom stereocenters. The topological polar surface area (TPSA) is 54.7 Å². The van der Waals surface area contributed by atoms with Crippen LogP contribution in [0.5, 0.6) is 17.2 Å². The van der Waals surface area contributed by atoms with Gasteiger partial charge in [0.2, 0.25) is 0 Å². The van der Waals surface area contributed by atoms with Crippen molar-refractivity contribution in [2.75, 3.05) is 41.5 Å². The van der Waals surface area contributed by atoms with Gasteiger partial charge in [0.25, 0.3) is 0 Å². The highest BCUT2D eigenvalue weighted by Gasteiger charge is 2.36. The maximum absolute atomic E-state index is 10.2. The lowest BCUT2D eigenvalue weighted by atomic mass is 9.69. The summed E-state index contributed by atoms with van der Waals surface area (Å²) in [6.45, 7) is 6.15. The second-order valence-electron chi connectivity index (χ2n) is 8.43. The third-order valence-corrected chi connectivity index (χ3v) is 7.04. The highest BCUT2D eigenvalue weighted by atomic mass is 127. The summed E-state index contributed by atoms with van der Waals surface area (Å²) >= 11 is 2.31. The van der Waals surface area contributed by atoms with Gasteiger partial charge in [0.1, 0.15) is 5.75 Å². The first-order chi connectivity index (χ1) is 15.3. The van der Waals surface area contributed by atoms with Gasteiger partial charge in [0.05, 0.1) is 36.4 Å². The lowest BCUT2D eigenvalue weighted by molar-refractivity contribution is 0.292. The van der Waals surface area contributed by atoms with E-state index in [0.717, 1.165) is 47.2 Å². The minimum Gasteiger partial charge on any atom is -0.496 e. The Hall–Kier alpha value is -1.98. The summed E-state index contributed by atoms with van der Waals surface area (Å²) in [7, 11) is 7.10. The van der Waals surface area contributed by atoms with Crippen molar-refractivity contribution in [1.82, 2.24) is 4.90 Å². The molecule has 0 heterocycles. The second-order valence-corrected chi connectivity index (χ2v) is 9.60. The highest BCUT2D eigenvalue weighted by Crippen LogP contribution is 2.40. The van der Waals surface area contributed by atoms with Crippen molar-refractivity contribution < 1.29 is 14.2 Å². The van der Waals surface area contributed by atoms with E-state index in [-0.39, 0.29) is 5.92 Å². The molecule has 0 fully saturated rings. The number of nitriles is 1. The molecule has 0 saturated heterocycles. The molecule has 1 unspecified atom stereocenters. The summed E-state index contributed by atoms with van der Waals surface area (Å²) < 4.78 is 17.3. The molecule has 2 aromatic rings. The molecular formula is C26H35IN2O3. The van der Waals surface area contributed by atoms with Crippen LogP contribution in [0.25, 0.3) is 0 Å². The first kappa shape index (κ1) is 26.3. The van der Waals surface area contributed by atoms with Gasteiger partial charge in [-0.25, -0.2) is 0 Å². The molecule has 0 N–H and O–H groups in total. The van der Waals surface area contributed by atoms with E-state index in [1.54, 1.807) is 21.3 Å². The number of hydrogen-bond donors (Lipinski definition) is 0. The summed E-state index contributed by atoms with van der Waals surface area (Å²) in [6, 6.07) is 14.8. The molecule has 0 aliphatic rings. The third-order valence-electron chi connectivity index (χ3n) is 6.19. The molecule has 6 heteroatoms. The van der Waals surface area contributed by atoms with Crippen LogP contribution in [-0.4, -0.2) is 46.4 Å². The van der Waals surface area contributed by atoms with Gasteiger partial charge in [-0.2, -0.15) is 5.26 Å². The van der Waals surface area contributed by atoms with Gasteiger partial charge in [0, 0.05) is 6.54 Å². The molecule has 32 heavy (non-hydrogen) atoms. The molecule has 2 rings (SSSR count). The summed E-state index contributed by atoms with van der Waals surface area (Å²) in [5.41, 5.74) is 1.73. The van der Waals surface area contributed by atoms with Crippen LogP contribution in [0.2, 0.25) is 0 Å².